The van der Waals surface area contributed by atoms with Gasteiger partial charge in [0.15, 0.2) is 6.10 Å². The molecule has 0 aliphatic rings. The number of aliphatic hydroxyl groups excluding tert-OH is 1. The van der Waals surface area contributed by atoms with E-state index >= 15 is 0 Å². The third kappa shape index (κ3) is 54.7. The van der Waals surface area contributed by atoms with Crippen LogP contribution in [0.3, 0.4) is 0 Å². The van der Waals surface area contributed by atoms with Gasteiger partial charge in [0.1, 0.15) is 12.7 Å². The third-order valence-electron chi connectivity index (χ3n) is 11.9. The maximum absolute atomic E-state index is 12.9. The number of rotatable bonds is 53. The molecule has 0 aliphatic heterocycles. The highest BCUT2D eigenvalue weighted by atomic mass is 31.2. The monoisotopic (exact) mass is 1080 g/mol. The number of aliphatic hydroxyl groups is 1. The van der Waals surface area contributed by atoms with Crippen molar-refractivity contribution in [1.29, 1.82) is 0 Å². The highest BCUT2D eigenvalue weighted by molar-refractivity contribution is 7.47. The zero-order valence-corrected chi connectivity index (χ0v) is 48.6. The first-order chi connectivity index (χ1) is 37.2. The first-order valence-electron chi connectivity index (χ1n) is 29.4. The summed E-state index contributed by atoms with van der Waals surface area (Å²) in [7, 11) is -4.79. The molecule has 0 saturated carbocycles. The molecule has 0 spiro atoms. The predicted molar refractivity (Wildman–Crippen MR) is 316 cm³/mol. The molecule has 0 saturated heterocycles. The van der Waals surface area contributed by atoms with E-state index in [1.807, 2.05) is 18.2 Å². The van der Waals surface area contributed by atoms with Crippen molar-refractivity contribution in [2.45, 2.75) is 238 Å². The van der Waals surface area contributed by atoms with Crippen LogP contribution in [0, 0.1) is 0 Å². The number of allylic oxidation sites excluding steroid dienone is 19. The molecule has 2 N–H and O–H groups in total. The number of phosphoric acid groups is 1. The molecule has 0 aromatic carbocycles. The Morgan fingerprint density at radius 3 is 1.16 bits per heavy atom. The minimum atomic E-state index is -4.79. The van der Waals surface area contributed by atoms with Gasteiger partial charge in [-0.15, -0.1) is 0 Å². The fourth-order valence-corrected chi connectivity index (χ4v) is 8.26. The van der Waals surface area contributed by atoms with E-state index in [0.717, 1.165) is 116 Å². The zero-order valence-electron chi connectivity index (χ0n) is 47.7. The highest BCUT2D eigenvalue weighted by Gasteiger charge is 2.28. The molecule has 0 heterocycles. The molecule has 3 unspecified atom stereocenters. The number of carbonyl (C=O) groups is 3. The van der Waals surface area contributed by atoms with Crippen molar-refractivity contribution in [2.24, 2.45) is 0 Å². The van der Waals surface area contributed by atoms with Crippen LogP contribution >= 0.6 is 7.82 Å². The summed E-state index contributed by atoms with van der Waals surface area (Å²) in [4.78, 5) is 48.5. The lowest BCUT2D eigenvalue weighted by atomic mass is 10.1. The van der Waals surface area contributed by atoms with Gasteiger partial charge in [-0.25, -0.2) is 4.57 Å². The molecule has 12 heteroatoms. The van der Waals surface area contributed by atoms with Gasteiger partial charge in [-0.1, -0.05) is 219 Å². The summed E-state index contributed by atoms with van der Waals surface area (Å²) >= 11 is 0. The number of hydrogen-bond donors (Lipinski definition) is 2. The SMILES string of the molecule is CC/C=C\C/C=C\C/C=C\C/C=C\C/C=C\CC(=O)OC(CO)COP(=O)(O)OCC(COC(=O)CCCCCCCCC/C=C\C/C=C\C/C=C\CC)OC(=O)CCCCCCCCC/C=C\C/C=C\CCCCC. The van der Waals surface area contributed by atoms with Crippen LogP contribution in [-0.4, -0.2) is 66.5 Å². The van der Waals surface area contributed by atoms with Crippen LogP contribution in [0.1, 0.15) is 226 Å². The Morgan fingerprint density at radius 1 is 0.395 bits per heavy atom. The summed E-state index contributed by atoms with van der Waals surface area (Å²) < 4.78 is 39.4. The molecule has 0 amide bonds. The Bertz CT molecular complexity index is 1740. The van der Waals surface area contributed by atoms with Gasteiger partial charge in [-0.05, 0) is 109 Å². The number of hydrogen-bond acceptors (Lipinski definition) is 10. The normalized spacial score (nSPS) is 14.2. The van der Waals surface area contributed by atoms with Gasteiger partial charge in [-0.3, -0.25) is 23.4 Å². The van der Waals surface area contributed by atoms with Gasteiger partial charge in [0.25, 0.3) is 0 Å². The second-order valence-electron chi connectivity index (χ2n) is 19.1. The van der Waals surface area contributed by atoms with Crippen molar-refractivity contribution in [3.63, 3.8) is 0 Å². The number of unbranched alkanes of at least 4 members (excludes halogenated alkanes) is 17. The van der Waals surface area contributed by atoms with E-state index in [0.29, 0.717) is 19.3 Å². The molecule has 0 aromatic heterocycles. The molecule has 432 valence electrons. The van der Waals surface area contributed by atoms with Gasteiger partial charge < -0.3 is 24.2 Å². The standard InChI is InChI=1S/C64H105O11P/c1-4-7-10-13-16-19-22-25-28-30-33-35-38-41-44-47-50-53-62(66)71-57-61(75-64(68)55-52-49-46-43-40-37-34-31-29-26-23-20-17-14-11-8-5-2)59-73-76(69,70)72-58-60(56-65)74-63(67)54-51-48-45-42-39-36-32-27-24-21-18-15-12-9-6-3/h7,9-10,12,16-21,25-29,32,39,42,48,51,60-61,65H,4-6,8,11,13-15,22-24,30-31,33-38,40-41,43-47,49-50,52-59H2,1-3H3,(H,69,70)/b10-7-,12-9-,19-16-,20-17-,21-18-,28-25-,29-26-,32-27-,42-39-,51-48-. The van der Waals surface area contributed by atoms with Gasteiger partial charge >= 0.3 is 25.7 Å². The Kier molecular flexibility index (Phi) is 54.0. The van der Waals surface area contributed by atoms with Crippen LogP contribution in [0.15, 0.2) is 122 Å². The lowest BCUT2D eigenvalue weighted by Gasteiger charge is -2.21. The van der Waals surface area contributed by atoms with E-state index in [4.69, 9.17) is 23.3 Å². The topological polar surface area (TPSA) is 155 Å². The third-order valence-corrected chi connectivity index (χ3v) is 12.8. The van der Waals surface area contributed by atoms with Gasteiger partial charge in [0.2, 0.25) is 0 Å². The molecule has 0 aromatic rings. The number of carbonyl (C=O) groups excluding carboxylic acids is 3. The van der Waals surface area contributed by atoms with E-state index in [1.54, 1.807) is 6.08 Å². The summed E-state index contributed by atoms with van der Waals surface area (Å²) in [6, 6.07) is 0. The Labute approximate surface area is 462 Å². The molecule has 0 radical (unpaired) electrons. The predicted octanol–water partition coefficient (Wildman–Crippen LogP) is 17.6. The molecule has 0 bridgehead atoms. The molecular formula is C64H105O11P. The van der Waals surface area contributed by atoms with Gasteiger partial charge in [-0.2, -0.15) is 0 Å². The zero-order chi connectivity index (χ0) is 55.5. The van der Waals surface area contributed by atoms with Gasteiger partial charge in [0.05, 0.1) is 26.2 Å². The summed E-state index contributed by atoms with van der Waals surface area (Å²) in [6.45, 7) is 4.26. The second-order valence-corrected chi connectivity index (χ2v) is 20.5. The Balaban J connectivity index is 4.84. The summed E-state index contributed by atoms with van der Waals surface area (Å²) in [5, 5.41) is 9.80. The van der Waals surface area contributed by atoms with Crippen LogP contribution in [-0.2, 0) is 42.2 Å². The fourth-order valence-electron chi connectivity index (χ4n) is 7.48. The number of ether oxygens (including phenoxy) is 3. The lowest BCUT2D eigenvalue weighted by molar-refractivity contribution is -0.161. The highest BCUT2D eigenvalue weighted by Crippen LogP contribution is 2.43. The largest absolute Gasteiger partial charge is 0.472 e. The maximum atomic E-state index is 12.9. The van der Waals surface area contributed by atoms with E-state index in [2.05, 4.69) is 118 Å². The van der Waals surface area contributed by atoms with Crippen molar-refractivity contribution in [3.05, 3.63) is 122 Å². The molecule has 3 atom stereocenters. The van der Waals surface area contributed by atoms with Crippen LogP contribution in [0.25, 0.3) is 0 Å². The number of esters is 3. The Hall–Kier alpha value is -4.12. The lowest BCUT2D eigenvalue weighted by Crippen LogP contribution is -2.30. The molecule has 76 heavy (non-hydrogen) atoms. The number of phosphoric ester groups is 1. The smallest absolute Gasteiger partial charge is 0.462 e. The van der Waals surface area contributed by atoms with Crippen molar-refractivity contribution < 1.29 is 52.2 Å². The van der Waals surface area contributed by atoms with Crippen molar-refractivity contribution in [3.8, 4) is 0 Å². The maximum Gasteiger partial charge on any atom is 0.472 e. The van der Waals surface area contributed by atoms with Crippen molar-refractivity contribution in [2.75, 3.05) is 26.4 Å². The average Bonchev–Trinajstić information content (AvgIpc) is 3.41. The minimum Gasteiger partial charge on any atom is -0.462 e. The molecular weight excluding hydrogens is 976 g/mol. The second kappa shape index (κ2) is 57.1. The molecule has 0 fully saturated rings. The summed E-state index contributed by atoms with van der Waals surface area (Å²) in [5.41, 5.74) is 0. The van der Waals surface area contributed by atoms with Crippen LogP contribution < -0.4 is 0 Å². The summed E-state index contributed by atoms with van der Waals surface area (Å²) in [5.74, 6) is -1.63. The average molecular weight is 1080 g/mol. The molecule has 0 rings (SSSR count). The van der Waals surface area contributed by atoms with E-state index in [9.17, 15) is 28.9 Å². The van der Waals surface area contributed by atoms with Crippen molar-refractivity contribution in [1.82, 2.24) is 0 Å². The summed E-state index contributed by atoms with van der Waals surface area (Å²) in [6.07, 6.45) is 70.4. The van der Waals surface area contributed by atoms with Crippen LogP contribution in [0.2, 0.25) is 0 Å². The van der Waals surface area contributed by atoms with Crippen molar-refractivity contribution >= 4 is 25.7 Å². The van der Waals surface area contributed by atoms with E-state index < -0.39 is 57.8 Å². The molecule has 0 aliphatic carbocycles. The molecule has 11 nitrogen and oxygen atoms in total. The fraction of sp³-hybridized carbons (Fsp3) is 0.641. The quantitative estimate of drug-likeness (QED) is 0.0197. The van der Waals surface area contributed by atoms with Crippen LogP contribution in [0.5, 0.6) is 0 Å². The minimum absolute atomic E-state index is 0.0614. The Morgan fingerprint density at radius 2 is 0.737 bits per heavy atom. The first kappa shape index (κ1) is 71.9. The van der Waals surface area contributed by atoms with Gasteiger partial charge in [0, 0.05) is 12.8 Å². The van der Waals surface area contributed by atoms with Crippen LogP contribution in [0.4, 0.5) is 0 Å². The first-order valence-corrected chi connectivity index (χ1v) is 30.9. The van der Waals surface area contributed by atoms with E-state index in [1.165, 1.54) is 51.4 Å². The van der Waals surface area contributed by atoms with E-state index in [-0.39, 0.29) is 25.9 Å².